The van der Waals surface area contributed by atoms with Crippen LogP contribution in [0.4, 0.5) is 14.5 Å². The standard InChI is InChI=1S/C19H22F2N2O2.2ClH/c20-15-5-7-17(8-6-15)25-14-16(24)13-22-9-11-23(12-10-22)19-4-2-1-3-18(19)21;;/h1-8,16,24H,9-14H2;2*1H/p-2. The zero-order valence-electron chi connectivity index (χ0n) is 14.7. The molecule has 0 spiro atoms. The van der Waals surface area contributed by atoms with Gasteiger partial charge in [0.05, 0.1) is 5.69 Å². The fraction of sp³-hybridized carbons (Fsp3) is 0.368. The molecule has 1 unspecified atom stereocenters. The van der Waals surface area contributed by atoms with Gasteiger partial charge in [0.1, 0.15) is 30.1 Å². The minimum absolute atomic E-state index is 0. The Labute approximate surface area is 170 Å². The van der Waals surface area contributed by atoms with Crippen molar-refractivity contribution in [2.24, 2.45) is 0 Å². The van der Waals surface area contributed by atoms with E-state index in [1.54, 1.807) is 12.1 Å². The molecular formula is C19H22Cl2F2N2O2-2. The Morgan fingerprint density at radius 1 is 0.926 bits per heavy atom. The first-order valence-corrected chi connectivity index (χ1v) is 8.40. The van der Waals surface area contributed by atoms with Gasteiger partial charge in [-0.15, -0.1) is 0 Å². The minimum atomic E-state index is -0.634. The molecule has 0 amide bonds. The van der Waals surface area contributed by atoms with Crippen LogP contribution in [-0.4, -0.2) is 55.4 Å². The molecule has 1 fully saturated rings. The lowest BCUT2D eigenvalue weighted by molar-refractivity contribution is -0.00100. The van der Waals surface area contributed by atoms with Gasteiger partial charge in [0, 0.05) is 32.7 Å². The van der Waals surface area contributed by atoms with Crippen LogP contribution < -0.4 is 34.5 Å². The summed E-state index contributed by atoms with van der Waals surface area (Å²) in [7, 11) is 0. The molecule has 0 aliphatic carbocycles. The SMILES string of the molecule is OC(COc1ccc(F)cc1)CN1CCN(c2ccccc2F)CC1.[Cl-].[Cl-]. The summed E-state index contributed by atoms with van der Waals surface area (Å²) in [4.78, 5) is 4.16. The Bertz CT molecular complexity index is 684. The molecule has 150 valence electrons. The number of anilines is 1. The van der Waals surface area contributed by atoms with Crippen LogP contribution in [0.25, 0.3) is 0 Å². The smallest absolute Gasteiger partial charge is 0.146 e. The van der Waals surface area contributed by atoms with E-state index in [4.69, 9.17) is 4.74 Å². The fourth-order valence-electron chi connectivity index (χ4n) is 2.95. The maximum Gasteiger partial charge on any atom is 0.146 e. The van der Waals surface area contributed by atoms with E-state index >= 15 is 0 Å². The van der Waals surface area contributed by atoms with E-state index in [9.17, 15) is 13.9 Å². The highest BCUT2D eigenvalue weighted by molar-refractivity contribution is 5.47. The number of benzene rings is 2. The Kier molecular flexibility index (Phi) is 9.80. The molecule has 0 bridgehead atoms. The van der Waals surface area contributed by atoms with Crippen molar-refractivity contribution >= 4 is 5.69 Å². The number of aliphatic hydroxyl groups is 1. The first kappa shape index (κ1) is 23.4. The summed E-state index contributed by atoms with van der Waals surface area (Å²) < 4.78 is 32.1. The lowest BCUT2D eigenvalue weighted by atomic mass is 10.2. The molecule has 8 heteroatoms. The Morgan fingerprint density at radius 2 is 1.56 bits per heavy atom. The van der Waals surface area contributed by atoms with Crippen LogP contribution in [0.3, 0.4) is 0 Å². The zero-order valence-corrected chi connectivity index (χ0v) is 16.2. The maximum absolute atomic E-state index is 13.8. The van der Waals surface area contributed by atoms with Crippen molar-refractivity contribution < 1.29 is 43.4 Å². The van der Waals surface area contributed by atoms with Gasteiger partial charge in [-0.25, -0.2) is 8.78 Å². The molecule has 0 aromatic heterocycles. The Balaban J connectivity index is 0.00000182. The van der Waals surface area contributed by atoms with Crippen molar-refractivity contribution in [1.82, 2.24) is 4.90 Å². The van der Waals surface area contributed by atoms with E-state index in [-0.39, 0.29) is 43.1 Å². The molecule has 1 N–H and O–H groups in total. The number of rotatable bonds is 6. The number of hydrogen-bond acceptors (Lipinski definition) is 4. The second kappa shape index (κ2) is 11.3. The first-order valence-electron chi connectivity index (χ1n) is 8.40. The number of piperazine rings is 1. The van der Waals surface area contributed by atoms with Gasteiger partial charge >= 0.3 is 0 Å². The van der Waals surface area contributed by atoms with E-state index in [1.165, 1.54) is 30.3 Å². The average Bonchev–Trinajstić information content (AvgIpc) is 2.62. The van der Waals surface area contributed by atoms with Crippen molar-refractivity contribution in [3.63, 3.8) is 0 Å². The number of β-amino-alcohol motifs (C(OH)–C–C–N with tert-alkyl or cyclic N) is 1. The van der Waals surface area contributed by atoms with Crippen LogP contribution in [0.2, 0.25) is 0 Å². The summed E-state index contributed by atoms with van der Waals surface area (Å²) in [5, 5.41) is 10.1. The second-order valence-corrected chi connectivity index (χ2v) is 6.16. The van der Waals surface area contributed by atoms with Crippen molar-refractivity contribution in [2.75, 3.05) is 44.2 Å². The summed E-state index contributed by atoms with van der Waals surface area (Å²) >= 11 is 0. The second-order valence-electron chi connectivity index (χ2n) is 6.16. The molecule has 0 radical (unpaired) electrons. The predicted molar refractivity (Wildman–Crippen MR) is 93.0 cm³/mol. The fourth-order valence-corrected chi connectivity index (χ4v) is 2.95. The summed E-state index contributed by atoms with van der Waals surface area (Å²) in [6.07, 6.45) is -0.634. The average molecular weight is 419 g/mol. The third-order valence-corrected chi connectivity index (χ3v) is 4.29. The summed E-state index contributed by atoms with van der Waals surface area (Å²) in [5.41, 5.74) is 0.627. The van der Waals surface area contributed by atoms with Gasteiger partial charge in [-0.3, -0.25) is 4.90 Å². The Morgan fingerprint density at radius 3 is 2.19 bits per heavy atom. The molecule has 27 heavy (non-hydrogen) atoms. The highest BCUT2D eigenvalue weighted by atomic mass is 35.5. The van der Waals surface area contributed by atoms with E-state index in [0.717, 1.165) is 13.1 Å². The Hall–Kier alpha value is -1.60. The highest BCUT2D eigenvalue weighted by Crippen LogP contribution is 2.20. The lowest BCUT2D eigenvalue weighted by Gasteiger charge is -2.36. The first-order chi connectivity index (χ1) is 12.1. The third kappa shape index (κ3) is 6.81. The topological polar surface area (TPSA) is 35.9 Å². The summed E-state index contributed by atoms with van der Waals surface area (Å²) in [6.45, 7) is 3.58. The van der Waals surface area contributed by atoms with E-state index in [1.807, 2.05) is 11.0 Å². The summed E-state index contributed by atoms with van der Waals surface area (Å²) in [6, 6.07) is 12.5. The normalized spacial score (nSPS) is 15.4. The van der Waals surface area contributed by atoms with Gasteiger partial charge in [0.15, 0.2) is 0 Å². The molecule has 2 aromatic carbocycles. The van der Waals surface area contributed by atoms with Crippen molar-refractivity contribution in [3.05, 3.63) is 60.2 Å². The zero-order chi connectivity index (χ0) is 17.6. The van der Waals surface area contributed by atoms with Crippen LogP contribution in [0.15, 0.2) is 48.5 Å². The van der Waals surface area contributed by atoms with Gasteiger partial charge < -0.3 is 39.6 Å². The van der Waals surface area contributed by atoms with Crippen LogP contribution in [0.5, 0.6) is 5.75 Å². The largest absolute Gasteiger partial charge is 1.00 e. The molecule has 1 heterocycles. The molecule has 0 saturated carbocycles. The van der Waals surface area contributed by atoms with Gasteiger partial charge in [0.2, 0.25) is 0 Å². The van der Waals surface area contributed by atoms with Gasteiger partial charge in [-0.2, -0.15) is 0 Å². The van der Waals surface area contributed by atoms with Crippen LogP contribution >= 0.6 is 0 Å². The number of hydrogen-bond donors (Lipinski definition) is 1. The van der Waals surface area contributed by atoms with Gasteiger partial charge in [-0.05, 0) is 36.4 Å². The number of nitrogens with zero attached hydrogens (tertiary/aromatic N) is 2. The maximum atomic E-state index is 13.8. The number of aliphatic hydroxyl groups excluding tert-OH is 1. The monoisotopic (exact) mass is 418 g/mol. The quantitative estimate of drug-likeness (QED) is 0.528. The van der Waals surface area contributed by atoms with E-state index < -0.39 is 6.10 Å². The number of para-hydroxylation sites is 1. The molecule has 1 aliphatic heterocycles. The van der Waals surface area contributed by atoms with Crippen molar-refractivity contribution in [1.29, 1.82) is 0 Å². The van der Waals surface area contributed by atoms with Crippen LogP contribution in [0, 0.1) is 11.6 Å². The number of ether oxygens (including phenoxy) is 1. The van der Waals surface area contributed by atoms with E-state index in [0.29, 0.717) is 31.1 Å². The summed E-state index contributed by atoms with van der Waals surface area (Å²) in [5.74, 6) is 0.00845. The van der Waals surface area contributed by atoms with E-state index in [2.05, 4.69) is 4.90 Å². The molecule has 1 saturated heterocycles. The van der Waals surface area contributed by atoms with Crippen molar-refractivity contribution in [3.8, 4) is 5.75 Å². The third-order valence-electron chi connectivity index (χ3n) is 4.29. The van der Waals surface area contributed by atoms with Gasteiger partial charge in [0.25, 0.3) is 0 Å². The molecule has 4 nitrogen and oxygen atoms in total. The molecule has 1 atom stereocenters. The van der Waals surface area contributed by atoms with Crippen LogP contribution in [-0.2, 0) is 0 Å². The molecule has 1 aliphatic rings. The number of halogens is 4. The van der Waals surface area contributed by atoms with Crippen molar-refractivity contribution in [2.45, 2.75) is 6.10 Å². The predicted octanol–water partition coefficient (Wildman–Crippen LogP) is -3.47. The van der Waals surface area contributed by atoms with Gasteiger partial charge in [-0.1, -0.05) is 12.1 Å². The molecule has 2 aromatic rings. The molecular weight excluding hydrogens is 397 g/mol. The van der Waals surface area contributed by atoms with Crippen LogP contribution in [0.1, 0.15) is 0 Å². The highest BCUT2D eigenvalue weighted by Gasteiger charge is 2.21. The lowest BCUT2D eigenvalue weighted by Crippen LogP contribution is -3.00. The molecule has 3 rings (SSSR count). The minimum Gasteiger partial charge on any atom is -1.00 e.